The Morgan fingerprint density at radius 1 is 1.50 bits per heavy atom. The molecule has 0 amide bonds. The summed E-state index contributed by atoms with van der Waals surface area (Å²) in [5, 5.41) is 0.297. The Labute approximate surface area is 85.7 Å². The highest BCUT2D eigenvalue weighted by atomic mass is 35.5. The van der Waals surface area contributed by atoms with E-state index >= 15 is 0 Å². The summed E-state index contributed by atoms with van der Waals surface area (Å²) in [5.74, 6) is -1.16. The van der Waals surface area contributed by atoms with Crippen molar-refractivity contribution < 1.29 is 13.6 Å². The third kappa shape index (κ3) is 2.29. The molecule has 0 atom stereocenters. The SMILES string of the molecule is CCc1ccc(Cl)cc1C(=O)C(F)F. The Morgan fingerprint density at radius 2 is 2.14 bits per heavy atom. The molecule has 0 fully saturated rings. The number of aryl methyl sites for hydroxylation is 1. The van der Waals surface area contributed by atoms with Crippen LogP contribution in [0.3, 0.4) is 0 Å². The third-order valence-electron chi connectivity index (χ3n) is 1.92. The molecule has 0 N–H and O–H groups in total. The quantitative estimate of drug-likeness (QED) is 0.711. The molecular weight excluding hydrogens is 210 g/mol. The summed E-state index contributed by atoms with van der Waals surface area (Å²) in [6.07, 6.45) is -2.44. The van der Waals surface area contributed by atoms with Crippen LogP contribution in [0, 0.1) is 0 Å². The first-order valence-corrected chi connectivity index (χ1v) is 4.54. The van der Waals surface area contributed by atoms with Crippen LogP contribution < -0.4 is 0 Å². The van der Waals surface area contributed by atoms with Gasteiger partial charge in [-0.1, -0.05) is 24.6 Å². The van der Waals surface area contributed by atoms with Gasteiger partial charge in [0.2, 0.25) is 5.78 Å². The van der Waals surface area contributed by atoms with E-state index in [9.17, 15) is 13.6 Å². The van der Waals surface area contributed by atoms with Crippen molar-refractivity contribution in [1.82, 2.24) is 0 Å². The first-order chi connectivity index (χ1) is 6.56. The highest BCUT2D eigenvalue weighted by Gasteiger charge is 2.20. The molecule has 0 aliphatic carbocycles. The lowest BCUT2D eigenvalue weighted by Gasteiger charge is -2.06. The van der Waals surface area contributed by atoms with Crippen LogP contribution in [0.1, 0.15) is 22.8 Å². The van der Waals surface area contributed by atoms with Crippen LogP contribution in [0.2, 0.25) is 5.02 Å². The van der Waals surface area contributed by atoms with Crippen molar-refractivity contribution in [3.05, 3.63) is 34.3 Å². The van der Waals surface area contributed by atoms with E-state index in [-0.39, 0.29) is 5.56 Å². The maximum atomic E-state index is 12.2. The lowest BCUT2D eigenvalue weighted by Crippen LogP contribution is -2.12. The van der Waals surface area contributed by atoms with Gasteiger partial charge in [-0.2, -0.15) is 0 Å². The van der Waals surface area contributed by atoms with Crippen molar-refractivity contribution >= 4 is 17.4 Å². The summed E-state index contributed by atoms with van der Waals surface area (Å²) in [5.41, 5.74) is 0.620. The maximum Gasteiger partial charge on any atom is 0.300 e. The molecular formula is C10H9ClF2O. The molecule has 0 bridgehead atoms. The van der Waals surface area contributed by atoms with Crippen LogP contribution in [0.25, 0.3) is 0 Å². The second-order valence-corrected chi connectivity index (χ2v) is 3.26. The van der Waals surface area contributed by atoms with Gasteiger partial charge in [0.1, 0.15) is 0 Å². The Morgan fingerprint density at radius 3 is 2.64 bits per heavy atom. The molecule has 1 aromatic carbocycles. The lowest BCUT2D eigenvalue weighted by atomic mass is 10.0. The molecule has 14 heavy (non-hydrogen) atoms. The molecule has 0 saturated carbocycles. The van der Waals surface area contributed by atoms with E-state index in [0.29, 0.717) is 17.0 Å². The zero-order valence-electron chi connectivity index (χ0n) is 7.56. The molecule has 0 radical (unpaired) electrons. The number of alkyl halides is 2. The Hall–Kier alpha value is -0.960. The fourth-order valence-corrected chi connectivity index (χ4v) is 1.38. The van der Waals surface area contributed by atoms with Gasteiger partial charge in [0.05, 0.1) is 0 Å². The van der Waals surface area contributed by atoms with Crippen LogP contribution in [0.5, 0.6) is 0 Å². The summed E-state index contributed by atoms with van der Waals surface area (Å²) < 4.78 is 24.3. The summed E-state index contributed by atoms with van der Waals surface area (Å²) in [7, 11) is 0. The monoisotopic (exact) mass is 218 g/mol. The van der Waals surface area contributed by atoms with Crippen molar-refractivity contribution in [2.45, 2.75) is 19.8 Å². The highest BCUT2D eigenvalue weighted by Crippen LogP contribution is 2.19. The molecule has 0 unspecified atom stereocenters. The number of carbonyl (C=O) groups excluding carboxylic acids is 1. The first kappa shape index (κ1) is 11.1. The van der Waals surface area contributed by atoms with Gasteiger partial charge in [-0.05, 0) is 24.1 Å². The second kappa shape index (κ2) is 4.51. The number of carbonyl (C=O) groups is 1. The summed E-state index contributed by atoms with van der Waals surface area (Å²) in [6, 6.07) is 4.47. The standard InChI is InChI=1S/C10H9ClF2O/c1-2-6-3-4-7(11)5-8(6)9(14)10(12)13/h3-5,10H,2H2,1H3. The van der Waals surface area contributed by atoms with Gasteiger partial charge in [0.15, 0.2) is 0 Å². The van der Waals surface area contributed by atoms with Crippen molar-refractivity contribution in [3.63, 3.8) is 0 Å². The average Bonchev–Trinajstić information content (AvgIpc) is 2.16. The van der Waals surface area contributed by atoms with E-state index in [4.69, 9.17) is 11.6 Å². The van der Waals surface area contributed by atoms with Crippen molar-refractivity contribution in [1.29, 1.82) is 0 Å². The molecule has 76 valence electrons. The van der Waals surface area contributed by atoms with Crippen molar-refractivity contribution in [2.24, 2.45) is 0 Å². The van der Waals surface area contributed by atoms with Gasteiger partial charge in [-0.3, -0.25) is 4.79 Å². The Kier molecular flexibility index (Phi) is 3.58. The molecule has 1 nitrogen and oxygen atoms in total. The van der Waals surface area contributed by atoms with Gasteiger partial charge in [0, 0.05) is 10.6 Å². The molecule has 0 aliphatic rings. The van der Waals surface area contributed by atoms with Crippen LogP contribution >= 0.6 is 11.6 Å². The smallest absolute Gasteiger partial charge is 0.288 e. The van der Waals surface area contributed by atoms with Gasteiger partial charge in [-0.15, -0.1) is 0 Å². The molecule has 0 aliphatic heterocycles. The number of benzene rings is 1. The molecule has 0 heterocycles. The van der Waals surface area contributed by atoms with Gasteiger partial charge >= 0.3 is 6.43 Å². The number of ketones is 1. The highest BCUT2D eigenvalue weighted by molar-refractivity contribution is 6.31. The molecule has 0 aromatic heterocycles. The lowest BCUT2D eigenvalue weighted by molar-refractivity contribution is 0.0677. The molecule has 0 spiro atoms. The van der Waals surface area contributed by atoms with E-state index in [1.807, 2.05) is 0 Å². The van der Waals surface area contributed by atoms with E-state index < -0.39 is 12.2 Å². The predicted octanol–water partition coefficient (Wildman–Crippen LogP) is 3.35. The van der Waals surface area contributed by atoms with Crippen LogP contribution in [0.15, 0.2) is 18.2 Å². The molecule has 0 saturated heterocycles. The fraction of sp³-hybridized carbons (Fsp3) is 0.300. The third-order valence-corrected chi connectivity index (χ3v) is 2.15. The molecule has 1 aromatic rings. The number of Topliss-reactive ketones (excluding diaryl/α,β-unsaturated/α-hetero) is 1. The average molecular weight is 219 g/mol. The maximum absolute atomic E-state index is 12.2. The number of hydrogen-bond donors (Lipinski definition) is 0. The molecule has 1 rings (SSSR count). The van der Waals surface area contributed by atoms with Gasteiger partial charge in [-0.25, -0.2) is 8.78 Å². The van der Waals surface area contributed by atoms with E-state index in [2.05, 4.69) is 0 Å². The summed E-state index contributed by atoms with van der Waals surface area (Å²) in [4.78, 5) is 11.1. The number of halogens is 3. The number of hydrogen-bond acceptors (Lipinski definition) is 1. The summed E-state index contributed by atoms with van der Waals surface area (Å²) in [6.45, 7) is 1.80. The summed E-state index contributed by atoms with van der Waals surface area (Å²) >= 11 is 5.63. The van der Waals surface area contributed by atoms with Crippen molar-refractivity contribution in [2.75, 3.05) is 0 Å². The minimum Gasteiger partial charge on any atom is -0.288 e. The minimum absolute atomic E-state index is 0.0231. The second-order valence-electron chi connectivity index (χ2n) is 2.82. The fourth-order valence-electron chi connectivity index (χ4n) is 1.20. The minimum atomic E-state index is -2.97. The Bertz CT molecular complexity index is 350. The van der Waals surface area contributed by atoms with Crippen molar-refractivity contribution in [3.8, 4) is 0 Å². The topological polar surface area (TPSA) is 17.1 Å². The zero-order chi connectivity index (χ0) is 10.7. The first-order valence-electron chi connectivity index (χ1n) is 4.17. The number of rotatable bonds is 3. The van der Waals surface area contributed by atoms with Gasteiger partial charge < -0.3 is 0 Å². The van der Waals surface area contributed by atoms with E-state index in [1.54, 1.807) is 19.1 Å². The largest absolute Gasteiger partial charge is 0.300 e. The Balaban J connectivity index is 3.17. The van der Waals surface area contributed by atoms with Gasteiger partial charge in [0.25, 0.3) is 0 Å². The predicted molar refractivity (Wildman–Crippen MR) is 51.2 cm³/mol. The van der Waals surface area contributed by atoms with E-state index in [1.165, 1.54) is 6.07 Å². The van der Waals surface area contributed by atoms with Crippen LogP contribution in [-0.4, -0.2) is 12.2 Å². The van der Waals surface area contributed by atoms with E-state index in [0.717, 1.165) is 0 Å². The normalized spacial score (nSPS) is 10.6. The molecule has 4 heteroatoms. The van der Waals surface area contributed by atoms with Crippen LogP contribution in [-0.2, 0) is 6.42 Å². The zero-order valence-corrected chi connectivity index (χ0v) is 8.31. The van der Waals surface area contributed by atoms with Crippen LogP contribution in [0.4, 0.5) is 8.78 Å².